The minimum absolute atomic E-state index is 0.175. The SMILES string of the molecule is COc1ncc(-c2ccc3ncc(C#CCO)n3c2)cc1NC1CC1. The first-order chi connectivity index (χ1) is 12.3. The average Bonchev–Trinajstić information content (AvgIpc) is 3.37. The van der Waals surface area contributed by atoms with E-state index in [9.17, 15) is 0 Å². The van der Waals surface area contributed by atoms with Crippen LogP contribution in [0.25, 0.3) is 16.8 Å². The second kappa shape index (κ2) is 6.46. The van der Waals surface area contributed by atoms with Gasteiger partial charge in [0.15, 0.2) is 0 Å². The Morgan fingerprint density at radius 2 is 2.16 bits per heavy atom. The van der Waals surface area contributed by atoms with Crippen LogP contribution in [0.1, 0.15) is 18.5 Å². The van der Waals surface area contributed by atoms with Gasteiger partial charge in [0.2, 0.25) is 5.88 Å². The number of aromatic nitrogens is 3. The zero-order chi connectivity index (χ0) is 17.2. The van der Waals surface area contributed by atoms with Crippen molar-refractivity contribution in [2.45, 2.75) is 18.9 Å². The Morgan fingerprint density at radius 3 is 2.92 bits per heavy atom. The Morgan fingerprint density at radius 1 is 1.28 bits per heavy atom. The predicted molar refractivity (Wildman–Crippen MR) is 95.6 cm³/mol. The number of aliphatic hydroxyl groups excluding tert-OH is 1. The van der Waals surface area contributed by atoms with Gasteiger partial charge in [-0.1, -0.05) is 5.92 Å². The number of hydrogen-bond donors (Lipinski definition) is 2. The number of nitrogens with zero attached hydrogens (tertiary/aromatic N) is 3. The maximum absolute atomic E-state index is 8.90. The zero-order valence-electron chi connectivity index (χ0n) is 13.9. The number of pyridine rings is 2. The molecule has 3 heterocycles. The highest BCUT2D eigenvalue weighted by Gasteiger charge is 2.23. The standard InChI is InChI=1S/C19H18N4O2/c1-25-19-17(22-15-5-6-15)9-14(10-21-19)13-4-7-18-20-11-16(3-2-8-24)23(18)12-13/h4,7,9-12,15,22,24H,5-6,8H2,1H3. The maximum Gasteiger partial charge on any atom is 0.237 e. The fourth-order valence-electron chi connectivity index (χ4n) is 2.70. The van der Waals surface area contributed by atoms with Gasteiger partial charge in [-0.05, 0) is 37.0 Å². The lowest BCUT2D eigenvalue weighted by molar-refractivity contribution is 0.350. The van der Waals surface area contributed by atoms with Crippen LogP contribution in [0, 0.1) is 11.8 Å². The van der Waals surface area contributed by atoms with Gasteiger partial charge in [-0.25, -0.2) is 9.97 Å². The molecule has 3 aromatic heterocycles. The van der Waals surface area contributed by atoms with Gasteiger partial charge >= 0.3 is 0 Å². The first-order valence-corrected chi connectivity index (χ1v) is 8.16. The van der Waals surface area contributed by atoms with E-state index in [1.165, 1.54) is 12.8 Å². The fraction of sp³-hybridized carbons (Fsp3) is 0.263. The van der Waals surface area contributed by atoms with Crippen molar-refractivity contribution in [3.8, 4) is 28.8 Å². The number of anilines is 1. The molecule has 0 radical (unpaired) electrons. The van der Waals surface area contributed by atoms with Crippen LogP contribution in [0.15, 0.2) is 36.8 Å². The predicted octanol–water partition coefficient (Wildman–Crippen LogP) is 2.32. The Balaban J connectivity index is 1.75. The van der Waals surface area contributed by atoms with Crippen molar-refractivity contribution in [3.63, 3.8) is 0 Å². The molecular formula is C19H18N4O2. The fourth-order valence-corrected chi connectivity index (χ4v) is 2.70. The van der Waals surface area contributed by atoms with Crippen LogP contribution in [0.5, 0.6) is 5.88 Å². The number of rotatable bonds is 4. The van der Waals surface area contributed by atoms with E-state index < -0.39 is 0 Å². The molecule has 6 nitrogen and oxygen atoms in total. The largest absolute Gasteiger partial charge is 0.480 e. The number of aliphatic hydroxyl groups is 1. The number of methoxy groups -OCH3 is 1. The normalized spacial score (nSPS) is 13.4. The Hall–Kier alpha value is -3.04. The summed E-state index contributed by atoms with van der Waals surface area (Å²) < 4.78 is 7.27. The molecule has 1 fully saturated rings. The highest BCUT2D eigenvalue weighted by Crippen LogP contribution is 2.32. The van der Waals surface area contributed by atoms with Gasteiger partial charge in [-0.3, -0.25) is 4.40 Å². The summed E-state index contributed by atoms with van der Waals surface area (Å²) in [5, 5.41) is 12.4. The summed E-state index contributed by atoms with van der Waals surface area (Å²) in [7, 11) is 1.63. The lowest BCUT2D eigenvalue weighted by Gasteiger charge is -2.11. The van der Waals surface area contributed by atoms with Crippen LogP contribution in [0.2, 0.25) is 0 Å². The van der Waals surface area contributed by atoms with Gasteiger partial charge in [0, 0.05) is 29.6 Å². The number of nitrogens with one attached hydrogen (secondary N) is 1. The van der Waals surface area contributed by atoms with Gasteiger partial charge in [0.05, 0.1) is 19.0 Å². The lowest BCUT2D eigenvalue weighted by Crippen LogP contribution is -2.04. The summed E-state index contributed by atoms with van der Waals surface area (Å²) in [5.74, 6) is 6.18. The minimum Gasteiger partial charge on any atom is -0.480 e. The molecule has 6 heteroatoms. The van der Waals surface area contributed by atoms with Crippen molar-refractivity contribution in [2.24, 2.45) is 0 Å². The molecule has 1 saturated carbocycles. The molecule has 1 aliphatic carbocycles. The van der Waals surface area contributed by atoms with E-state index in [-0.39, 0.29) is 6.61 Å². The first-order valence-electron chi connectivity index (χ1n) is 8.16. The van der Waals surface area contributed by atoms with E-state index in [2.05, 4.69) is 33.2 Å². The molecule has 0 spiro atoms. The van der Waals surface area contributed by atoms with Crippen molar-refractivity contribution in [1.29, 1.82) is 0 Å². The van der Waals surface area contributed by atoms with Gasteiger partial charge in [-0.2, -0.15) is 0 Å². The molecule has 25 heavy (non-hydrogen) atoms. The molecule has 0 amide bonds. The van der Waals surface area contributed by atoms with Crippen LogP contribution in [-0.4, -0.2) is 39.2 Å². The summed E-state index contributed by atoms with van der Waals surface area (Å²) in [6, 6.07) is 6.53. The summed E-state index contributed by atoms with van der Waals surface area (Å²) >= 11 is 0. The number of fused-ring (bicyclic) bond motifs is 1. The summed E-state index contributed by atoms with van der Waals surface area (Å²) in [6.07, 6.45) is 7.85. The molecule has 0 aliphatic heterocycles. The molecular weight excluding hydrogens is 316 g/mol. The molecule has 4 rings (SSSR count). The quantitative estimate of drug-likeness (QED) is 0.717. The molecule has 0 saturated heterocycles. The van der Waals surface area contributed by atoms with E-state index >= 15 is 0 Å². The zero-order valence-corrected chi connectivity index (χ0v) is 13.9. The molecule has 126 valence electrons. The van der Waals surface area contributed by atoms with Gasteiger partial charge in [0.25, 0.3) is 0 Å². The Kier molecular flexibility index (Phi) is 4.00. The Labute approximate surface area is 145 Å². The van der Waals surface area contributed by atoms with Gasteiger partial charge < -0.3 is 15.2 Å². The van der Waals surface area contributed by atoms with E-state index in [0.717, 1.165) is 28.2 Å². The second-order valence-corrected chi connectivity index (χ2v) is 5.95. The van der Waals surface area contributed by atoms with Gasteiger partial charge in [-0.15, -0.1) is 0 Å². The molecule has 1 aliphatic rings. The number of hydrogen-bond acceptors (Lipinski definition) is 5. The number of imidazole rings is 1. The third-order valence-electron chi connectivity index (χ3n) is 4.12. The Bertz CT molecular complexity index is 980. The van der Waals surface area contributed by atoms with Crippen molar-refractivity contribution in [2.75, 3.05) is 19.0 Å². The van der Waals surface area contributed by atoms with Crippen molar-refractivity contribution in [1.82, 2.24) is 14.4 Å². The van der Waals surface area contributed by atoms with Crippen LogP contribution in [0.4, 0.5) is 5.69 Å². The monoisotopic (exact) mass is 334 g/mol. The third-order valence-corrected chi connectivity index (χ3v) is 4.12. The van der Waals surface area contributed by atoms with E-state index in [1.54, 1.807) is 19.5 Å². The van der Waals surface area contributed by atoms with Crippen molar-refractivity contribution in [3.05, 3.63) is 42.5 Å². The smallest absolute Gasteiger partial charge is 0.237 e. The molecule has 0 aromatic carbocycles. The highest BCUT2D eigenvalue weighted by atomic mass is 16.5. The number of ether oxygens (including phenoxy) is 1. The maximum atomic E-state index is 8.90. The average molecular weight is 334 g/mol. The summed E-state index contributed by atoms with van der Waals surface area (Å²) in [5.41, 5.74) is 4.45. The van der Waals surface area contributed by atoms with E-state index in [1.807, 2.05) is 22.7 Å². The van der Waals surface area contributed by atoms with Crippen LogP contribution < -0.4 is 10.1 Å². The van der Waals surface area contributed by atoms with E-state index in [0.29, 0.717) is 11.9 Å². The highest BCUT2D eigenvalue weighted by molar-refractivity contribution is 5.70. The summed E-state index contributed by atoms with van der Waals surface area (Å²) in [4.78, 5) is 8.75. The first kappa shape index (κ1) is 15.5. The second-order valence-electron chi connectivity index (χ2n) is 5.95. The lowest BCUT2D eigenvalue weighted by atomic mass is 10.1. The molecule has 2 N–H and O–H groups in total. The van der Waals surface area contributed by atoms with Crippen molar-refractivity contribution < 1.29 is 9.84 Å². The van der Waals surface area contributed by atoms with Crippen LogP contribution in [-0.2, 0) is 0 Å². The molecule has 0 bridgehead atoms. The summed E-state index contributed by atoms with van der Waals surface area (Å²) in [6.45, 7) is -0.175. The third kappa shape index (κ3) is 3.14. The van der Waals surface area contributed by atoms with E-state index in [4.69, 9.17) is 9.84 Å². The van der Waals surface area contributed by atoms with Crippen molar-refractivity contribution >= 4 is 11.3 Å². The topological polar surface area (TPSA) is 71.7 Å². The van der Waals surface area contributed by atoms with Gasteiger partial charge in [0.1, 0.15) is 17.9 Å². The molecule has 0 unspecified atom stereocenters. The molecule has 3 aromatic rings. The molecule has 0 atom stereocenters. The van der Waals surface area contributed by atoms with Crippen LogP contribution in [0.3, 0.4) is 0 Å². The van der Waals surface area contributed by atoms with Crippen LogP contribution >= 0.6 is 0 Å². The minimum atomic E-state index is -0.175.